The fourth-order valence-corrected chi connectivity index (χ4v) is 2.47. The van der Waals surface area contributed by atoms with E-state index in [1.165, 1.54) is 18.4 Å². The van der Waals surface area contributed by atoms with Crippen LogP contribution in [-0.2, 0) is 11.2 Å². The molecule has 3 heteroatoms. The average Bonchev–Trinajstić information content (AvgIpc) is 2.42. The molecule has 0 heterocycles. The molecule has 0 aliphatic carbocycles. The molecule has 1 rings (SSSR count). The quantitative estimate of drug-likeness (QED) is 0.675. The predicted molar refractivity (Wildman–Crippen MR) is 92.1 cm³/mol. The first kappa shape index (κ1) is 18.5. The van der Waals surface area contributed by atoms with E-state index >= 15 is 0 Å². The van der Waals surface area contributed by atoms with Crippen LogP contribution in [0.2, 0.25) is 5.02 Å². The van der Waals surface area contributed by atoms with Crippen molar-refractivity contribution in [3.05, 3.63) is 34.9 Å². The molecule has 120 valence electrons. The highest BCUT2D eigenvalue weighted by Crippen LogP contribution is 2.25. The molecular formula is C18H30ClNO. The van der Waals surface area contributed by atoms with Crippen molar-refractivity contribution in [1.82, 2.24) is 5.32 Å². The minimum Gasteiger partial charge on any atom is -0.383 e. The highest BCUT2D eigenvalue weighted by molar-refractivity contribution is 6.30. The molecule has 0 spiro atoms. The first-order chi connectivity index (χ1) is 9.90. The third-order valence-corrected chi connectivity index (χ3v) is 3.91. The van der Waals surface area contributed by atoms with Gasteiger partial charge in [0.25, 0.3) is 0 Å². The van der Waals surface area contributed by atoms with E-state index in [1.54, 1.807) is 7.11 Å². The summed E-state index contributed by atoms with van der Waals surface area (Å²) < 4.78 is 5.09. The van der Waals surface area contributed by atoms with Crippen LogP contribution in [0.5, 0.6) is 0 Å². The van der Waals surface area contributed by atoms with Crippen molar-refractivity contribution in [2.24, 2.45) is 11.3 Å². The van der Waals surface area contributed by atoms with Crippen molar-refractivity contribution >= 4 is 11.6 Å². The molecular weight excluding hydrogens is 282 g/mol. The number of halogens is 1. The Bertz CT molecular complexity index is 383. The standard InChI is InChI=1S/C18H30ClNO/c1-18(2,3)10-9-16(14-20-11-12-21-4)13-15-5-7-17(19)8-6-15/h5-8,16,20H,9-14H2,1-4H3. The molecule has 1 N–H and O–H groups in total. The summed E-state index contributed by atoms with van der Waals surface area (Å²) in [5, 5.41) is 4.31. The summed E-state index contributed by atoms with van der Waals surface area (Å²) in [5.74, 6) is 0.655. The lowest BCUT2D eigenvalue weighted by atomic mass is 9.84. The zero-order valence-electron chi connectivity index (χ0n) is 13.9. The Labute approximate surface area is 135 Å². The van der Waals surface area contributed by atoms with Crippen LogP contribution in [0.15, 0.2) is 24.3 Å². The van der Waals surface area contributed by atoms with Crippen LogP contribution in [0, 0.1) is 11.3 Å². The summed E-state index contributed by atoms with van der Waals surface area (Å²) >= 11 is 5.96. The Kier molecular flexibility index (Phi) is 8.31. The molecule has 0 fully saturated rings. The Hall–Kier alpha value is -0.570. The molecule has 1 atom stereocenters. The number of methoxy groups -OCH3 is 1. The summed E-state index contributed by atoms with van der Waals surface area (Å²) in [6, 6.07) is 8.25. The van der Waals surface area contributed by atoms with Crippen LogP contribution in [-0.4, -0.2) is 26.8 Å². The topological polar surface area (TPSA) is 21.3 Å². The van der Waals surface area contributed by atoms with E-state index in [-0.39, 0.29) is 0 Å². The predicted octanol–water partition coefficient (Wildman–Crippen LogP) is 4.56. The summed E-state index contributed by atoms with van der Waals surface area (Å²) in [6.45, 7) is 9.66. The zero-order chi connectivity index (χ0) is 15.7. The van der Waals surface area contributed by atoms with E-state index < -0.39 is 0 Å². The van der Waals surface area contributed by atoms with Crippen LogP contribution < -0.4 is 5.32 Å². The number of benzene rings is 1. The van der Waals surface area contributed by atoms with Crippen LogP contribution in [0.4, 0.5) is 0 Å². The van der Waals surface area contributed by atoms with Gasteiger partial charge in [-0.15, -0.1) is 0 Å². The highest BCUT2D eigenvalue weighted by Gasteiger charge is 2.15. The van der Waals surface area contributed by atoms with E-state index in [1.807, 2.05) is 12.1 Å². The van der Waals surface area contributed by atoms with Gasteiger partial charge in [0.2, 0.25) is 0 Å². The normalized spacial score (nSPS) is 13.4. The van der Waals surface area contributed by atoms with E-state index in [0.29, 0.717) is 11.3 Å². The smallest absolute Gasteiger partial charge is 0.0587 e. The zero-order valence-corrected chi connectivity index (χ0v) is 14.7. The minimum absolute atomic E-state index is 0.394. The maximum absolute atomic E-state index is 5.96. The molecule has 0 saturated carbocycles. The van der Waals surface area contributed by atoms with E-state index in [4.69, 9.17) is 16.3 Å². The largest absolute Gasteiger partial charge is 0.383 e. The summed E-state index contributed by atoms with van der Waals surface area (Å²) in [4.78, 5) is 0. The molecule has 0 amide bonds. The van der Waals surface area contributed by atoms with Crippen LogP contribution in [0.3, 0.4) is 0 Å². The van der Waals surface area contributed by atoms with Gasteiger partial charge in [-0.1, -0.05) is 44.5 Å². The molecule has 0 radical (unpaired) electrons. The second-order valence-electron chi connectivity index (χ2n) is 6.99. The molecule has 0 aliphatic heterocycles. The lowest BCUT2D eigenvalue weighted by Gasteiger charge is -2.23. The van der Waals surface area contributed by atoms with Crippen molar-refractivity contribution in [2.45, 2.75) is 40.0 Å². The molecule has 0 saturated heterocycles. The Morgan fingerprint density at radius 3 is 2.43 bits per heavy atom. The first-order valence-corrected chi connectivity index (χ1v) is 8.22. The Morgan fingerprint density at radius 2 is 1.86 bits per heavy atom. The third-order valence-electron chi connectivity index (χ3n) is 3.66. The average molecular weight is 312 g/mol. The first-order valence-electron chi connectivity index (χ1n) is 7.85. The number of hydrogen-bond donors (Lipinski definition) is 1. The van der Waals surface area contributed by atoms with Gasteiger partial charge in [-0.05, 0) is 54.8 Å². The van der Waals surface area contributed by atoms with Crippen LogP contribution in [0.25, 0.3) is 0 Å². The third kappa shape index (κ3) is 9.13. The lowest BCUT2D eigenvalue weighted by molar-refractivity contribution is 0.196. The van der Waals surface area contributed by atoms with Gasteiger partial charge in [-0.2, -0.15) is 0 Å². The SMILES string of the molecule is COCCNCC(CCC(C)(C)C)Cc1ccc(Cl)cc1. The molecule has 0 aromatic heterocycles. The minimum atomic E-state index is 0.394. The maximum atomic E-state index is 5.96. The molecule has 0 aliphatic rings. The molecule has 1 aromatic carbocycles. The van der Waals surface area contributed by atoms with Crippen LogP contribution in [0.1, 0.15) is 39.2 Å². The lowest BCUT2D eigenvalue weighted by Crippen LogP contribution is -2.28. The van der Waals surface area contributed by atoms with Crippen molar-refractivity contribution in [3.8, 4) is 0 Å². The summed E-state index contributed by atoms with van der Waals surface area (Å²) in [6.07, 6.45) is 3.59. The van der Waals surface area contributed by atoms with Gasteiger partial charge >= 0.3 is 0 Å². The molecule has 1 unspecified atom stereocenters. The van der Waals surface area contributed by atoms with Gasteiger partial charge in [-0.3, -0.25) is 0 Å². The maximum Gasteiger partial charge on any atom is 0.0587 e. The number of nitrogens with one attached hydrogen (secondary N) is 1. The van der Waals surface area contributed by atoms with Crippen molar-refractivity contribution in [2.75, 3.05) is 26.8 Å². The summed E-state index contributed by atoms with van der Waals surface area (Å²) in [7, 11) is 1.74. The van der Waals surface area contributed by atoms with Gasteiger partial charge in [0.05, 0.1) is 6.61 Å². The van der Waals surface area contributed by atoms with Crippen molar-refractivity contribution in [1.29, 1.82) is 0 Å². The van der Waals surface area contributed by atoms with E-state index in [9.17, 15) is 0 Å². The number of rotatable bonds is 9. The number of ether oxygens (including phenoxy) is 1. The van der Waals surface area contributed by atoms with Crippen molar-refractivity contribution < 1.29 is 4.74 Å². The van der Waals surface area contributed by atoms with Crippen molar-refractivity contribution in [3.63, 3.8) is 0 Å². The monoisotopic (exact) mass is 311 g/mol. The van der Waals surface area contributed by atoms with Gasteiger partial charge in [0.1, 0.15) is 0 Å². The molecule has 21 heavy (non-hydrogen) atoms. The summed E-state index contributed by atoms with van der Waals surface area (Å²) in [5.41, 5.74) is 1.76. The van der Waals surface area contributed by atoms with Gasteiger partial charge in [0, 0.05) is 18.7 Å². The van der Waals surface area contributed by atoms with Gasteiger partial charge in [0.15, 0.2) is 0 Å². The number of hydrogen-bond acceptors (Lipinski definition) is 2. The Morgan fingerprint density at radius 1 is 1.19 bits per heavy atom. The second-order valence-corrected chi connectivity index (χ2v) is 7.43. The Balaban J connectivity index is 2.51. The van der Waals surface area contributed by atoms with E-state index in [2.05, 4.69) is 38.2 Å². The fraction of sp³-hybridized carbons (Fsp3) is 0.667. The molecule has 2 nitrogen and oxygen atoms in total. The van der Waals surface area contributed by atoms with Gasteiger partial charge < -0.3 is 10.1 Å². The molecule has 0 bridgehead atoms. The van der Waals surface area contributed by atoms with Gasteiger partial charge in [-0.25, -0.2) is 0 Å². The van der Waals surface area contributed by atoms with E-state index in [0.717, 1.165) is 31.1 Å². The highest BCUT2D eigenvalue weighted by atomic mass is 35.5. The molecule has 1 aromatic rings. The fourth-order valence-electron chi connectivity index (χ4n) is 2.35. The second kappa shape index (κ2) is 9.45. The van der Waals surface area contributed by atoms with Crippen LogP contribution >= 0.6 is 11.6 Å².